The van der Waals surface area contributed by atoms with Crippen LogP contribution in [0.5, 0.6) is 5.75 Å². The summed E-state index contributed by atoms with van der Waals surface area (Å²) in [5.41, 5.74) is 2.93. The number of fused-ring (bicyclic) bond motifs is 4. The number of nitrogens with zero attached hydrogens (tertiary/aromatic N) is 1. The summed E-state index contributed by atoms with van der Waals surface area (Å²) < 4.78 is 45.2. The van der Waals surface area contributed by atoms with Gasteiger partial charge in [-0.3, -0.25) is 0 Å². The first-order chi connectivity index (χ1) is 12.5. The Bertz CT molecular complexity index is 1160. The van der Waals surface area contributed by atoms with Crippen molar-refractivity contribution in [2.24, 2.45) is 0 Å². The molecule has 1 aliphatic heterocycles. The maximum absolute atomic E-state index is 13.2. The normalized spacial score (nSPS) is 14.0. The van der Waals surface area contributed by atoms with Gasteiger partial charge in [-0.05, 0) is 47.0 Å². The number of benzene rings is 2. The Balaban J connectivity index is 1.71. The van der Waals surface area contributed by atoms with Crippen molar-refractivity contribution in [1.82, 2.24) is 9.97 Å². The zero-order valence-corrected chi connectivity index (χ0v) is 13.5. The monoisotopic (exact) mass is 354 g/mol. The van der Waals surface area contributed by atoms with Gasteiger partial charge in [0.2, 0.25) is 0 Å². The molecule has 26 heavy (non-hydrogen) atoms. The van der Waals surface area contributed by atoms with E-state index in [1.165, 1.54) is 6.20 Å². The molecule has 0 radical (unpaired) electrons. The minimum atomic E-state index is -4.50. The quantitative estimate of drug-likeness (QED) is 0.501. The summed E-state index contributed by atoms with van der Waals surface area (Å²) in [4.78, 5) is 6.39. The Hall–Kier alpha value is -3.02. The molecule has 0 atom stereocenters. The van der Waals surface area contributed by atoms with E-state index in [0.717, 1.165) is 34.2 Å². The molecule has 0 saturated carbocycles. The van der Waals surface area contributed by atoms with Gasteiger partial charge in [-0.1, -0.05) is 12.1 Å². The smallest absolute Gasteiger partial charge is 0.435 e. The summed E-state index contributed by atoms with van der Waals surface area (Å²) >= 11 is 0. The number of aromatic amines is 1. The highest BCUT2D eigenvalue weighted by atomic mass is 19.4. The Morgan fingerprint density at radius 3 is 2.62 bits per heavy atom. The van der Waals surface area contributed by atoms with Gasteiger partial charge in [0.15, 0.2) is 5.69 Å². The van der Waals surface area contributed by atoms with E-state index < -0.39 is 11.9 Å². The van der Waals surface area contributed by atoms with Gasteiger partial charge in [-0.25, -0.2) is 4.98 Å². The van der Waals surface area contributed by atoms with Gasteiger partial charge in [0, 0.05) is 28.9 Å². The molecule has 4 aromatic rings. The predicted octanol–water partition coefficient (Wildman–Crippen LogP) is 5.34. The minimum absolute atomic E-state index is 0.0227. The van der Waals surface area contributed by atoms with Crippen LogP contribution in [-0.4, -0.2) is 16.6 Å². The second-order valence-corrected chi connectivity index (χ2v) is 6.39. The van der Waals surface area contributed by atoms with Crippen LogP contribution in [0.1, 0.15) is 11.3 Å². The van der Waals surface area contributed by atoms with Gasteiger partial charge in [0.25, 0.3) is 0 Å². The van der Waals surface area contributed by atoms with Crippen LogP contribution < -0.4 is 4.74 Å². The van der Waals surface area contributed by atoms with Crippen molar-refractivity contribution in [1.29, 1.82) is 0 Å². The fourth-order valence-electron chi connectivity index (χ4n) is 3.58. The van der Waals surface area contributed by atoms with E-state index >= 15 is 0 Å². The number of hydrogen-bond acceptors (Lipinski definition) is 2. The number of nitrogens with one attached hydrogen (secondary N) is 1. The van der Waals surface area contributed by atoms with E-state index in [9.17, 15) is 13.2 Å². The third kappa shape index (κ3) is 2.25. The standard InChI is InChI=1S/C20H13F3N2O/c21-20(22,23)19-18-14(5-7-24-19)15-10-12(1-3-16(15)25-18)11-2-4-17-13(9-11)6-8-26-17/h1-5,7,9-10,25H,6,8H2. The molecule has 6 heteroatoms. The second-order valence-electron chi connectivity index (χ2n) is 6.39. The van der Waals surface area contributed by atoms with Gasteiger partial charge < -0.3 is 9.72 Å². The van der Waals surface area contributed by atoms with Crippen LogP contribution in [0.15, 0.2) is 48.7 Å². The number of aromatic nitrogens is 2. The topological polar surface area (TPSA) is 37.9 Å². The van der Waals surface area contributed by atoms with E-state index in [2.05, 4.69) is 16.0 Å². The van der Waals surface area contributed by atoms with Gasteiger partial charge in [-0.15, -0.1) is 0 Å². The lowest BCUT2D eigenvalue weighted by Gasteiger charge is -2.06. The lowest BCUT2D eigenvalue weighted by atomic mass is 10.00. The molecule has 0 fully saturated rings. The first-order valence-corrected chi connectivity index (χ1v) is 8.24. The molecule has 3 nitrogen and oxygen atoms in total. The van der Waals surface area contributed by atoms with Crippen LogP contribution >= 0.6 is 0 Å². The molecule has 0 bridgehead atoms. The molecule has 3 heterocycles. The second kappa shape index (κ2) is 5.24. The Kier molecular flexibility index (Phi) is 3.07. The fraction of sp³-hybridized carbons (Fsp3) is 0.150. The summed E-state index contributed by atoms with van der Waals surface area (Å²) in [6, 6.07) is 13.3. The van der Waals surface area contributed by atoms with Crippen LogP contribution in [0.2, 0.25) is 0 Å². The molecule has 2 aromatic carbocycles. The van der Waals surface area contributed by atoms with Crippen LogP contribution in [0, 0.1) is 0 Å². The molecule has 0 amide bonds. The average Bonchev–Trinajstić information content (AvgIpc) is 3.23. The zero-order chi connectivity index (χ0) is 17.9. The van der Waals surface area contributed by atoms with Crippen molar-refractivity contribution >= 4 is 21.8 Å². The first kappa shape index (κ1) is 15.3. The highest BCUT2D eigenvalue weighted by Gasteiger charge is 2.35. The van der Waals surface area contributed by atoms with E-state index in [0.29, 0.717) is 17.5 Å². The summed E-state index contributed by atoms with van der Waals surface area (Å²) in [6.45, 7) is 0.688. The van der Waals surface area contributed by atoms with Gasteiger partial charge >= 0.3 is 6.18 Å². The van der Waals surface area contributed by atoms with Crippen molar-refractivity contribution in [3.63, 3.8) is 0 Å². The summed E-state index contributed by atoms with van der Waals surface area (Å²) in [5, 5.41) is 1.27. The SMILES string of the molecule is FC(F)(F)c1nccc2c1[nH]c1ccc(-c3ccc4c(c3)CCO4)cc12. The largest absolute Gasteiger partial charge is 0.493 e. The number of pyridine rings is 1. The lowest BCUT2D eigenvalue weighted by molar-refractivity contribution is -0.139. The molecule has 0 aliphatic carbocycles. The summed E-state index contributed by atoms with van der Waals surface area (Å²) in [6.07, 6.45) is -2.42. The van der Waals surface area contributed by atoms with Crippen LogP contribution in [0.3, 0.4) is 0 Å². The fourth-order valence-corrected chi connectivity index (χ4v) is 3.58. The minimum Gasteiger partial charge on any atom is -0.493 e. The molecule has 0 unspecified atom stereocenters. The molecule has 130 valence electrons. The number of hydrogen-bond donors (Lipinski definition) is 1. The lowest BCUT2D eigenvalue weighted by Crippen LogP contribution is -2.08. The van der Waals surface area contributed by atoms with Crippen molar-refractivity contribution in [3.8, 4) is 16.9 Å². The number of alkyl halides is 3. The first-order valence-electron chi connectivity index (χ1n) is 8.24. The van der Waals surface area contributed by atoms with Crippen LogP contribution in [0.4, 0.5) is 13.2 Å². The van der Waals surface area contributed by atoms with Gasteiger partial charge in [0.05, 0.1) is 12.1 Å². The molecule has 1 aliphatic rings. The summed E-state index contributed by atoms with van der Waals surface area (Å²) in [5.74, 6) is 0.905. The van der Waals surface area contributed by atoms with Crippen LogP contribution in [0.25, 0.3) is 32.9 Å². The highest BCUT2D eigenvalue weighted by Crippen LogP contribution is 2.37. The Labute approximate surface area is 146 Å². The maximum Gasteiger partial charge on any atom is 0.435 e. The highest BCUT2D eigenvalue weighted by molar-refractivity contribution is 6.09. The number of ether oxygens (including phenoxy) is 1. The predicted molar refractivity (Wildman–Crippen MR) is 93.2 cm³/mol. The van der Waals surface area contributed by atoms with Gasteiger partial charge in [0.1, 0.15) is 5.75 Å². The molecule has 1 N–H and O–H groups in total. The Morgan fingerprint density at radius 2 is 1.77 bits per heavy atom. The third-order valence-electron chi connectivity index (χ3n) is 4.81. The van der Waals surface area contributed by atoms with E-state index in [1.807, 2.05) is 30.3 Å². The summed E-state index contributed by atoms with van der Waals surface area (Å²) in [7, 11) is 0. The van der Waals surface area contributed by atoms with E-state index in [-0.39, 0.29) is 5.52 Å². The van der Waals surface area contributed by atoms with Gasteiger partial charge in [-0.2, -0.15) is 13.2 Å². The van der Waals surface area contributed by atoms with Crippen LogP contribution in [-0.2, 0) is 12.6 Å². The molecule has 0 spiro atoms. The maximum atomic E-state index is 13.2. The molecular formula is C20H13F3N2O. The Morgan fingerprint density at radius 1 is 0.962 bits per heavy atom. The number of halogens is 3. The van der Waals surface area contributed by atoms with E-state index in [4.69, 9.17) is 4.74 Å². The van der Waals surface area contributed by atoms with E-state index in [1.54, 1.807) is 6.07 Å². The molecule has 5 rings (SSSR count). The zero-order valence-electron chi connectivity index (χ0n) is 13.5. The third-order valence-corrected chi connectivity index (χ3v) is 4.81. The number of H-pyrrole nitrogens is 1. The van der Waals surface area contributed by atoms with Crippen molar-refractivity contribution in [2.75, 3.05) is 6.61 Å². The van der Waals surface area contributed by atoms with Crippen molar-refractivity contribution < 1.29 is 17.9 Å². The van der Waals surface area contributed by atoms with Crippen molar-refractivity contribution in [2.45, 2.75) is 12.6 Å². The number of rotatable bonds is 1. The average molecular weight is 354 g/mol. The molecule has 2 aromatic heterocycles. The molecular weight excluding hydrogens is 341 g/mol. The molecule has 0 saturated heterocycles. The van der Waals surface area contributed by atoms with Crippen molar-refractivity contribution in [3.05, 3.63) is 59.9 Å².